The smallest absolute Gasteiger partial charge is 0.231 e. The summed E-state index contributed by atoms with van der Waals surface area (Å²) < 4.78 is 10.8. The number of nitrogens with one attached hydrogen (secondary N) is 1. The van der Waals surface area contributed by atoms with E-state index >= 15 is 0 Å². The third-order valence-electron chi connectivity index (χ3n) is 5.08. The zero-order valence-electron chi connectivity index (χ0n) is 15.6. The average Bonchev–Trinajstić information content (AvgIpc) is 3.10. The lowest BCUT2D eigenvalue weighted by Gasteiger charge is -2.35. The highest BCUT2D eigenvalue weighted by molar-refractivity contribution is 5.79. The second-order valence-corrected chi connectivity index (χ2v) is 6.75. The number of guanidine groups is 1. The SMILES string of the molecule is CCN1CCCCC1CNC(=NC)N(C)Cc1ccc2c(c1)OCO2. The average molecular weight is 346 g/mol. The first-order valence-corrected chi connectivity index (χ1v) is 9.25. The summed E-state index contributed by atoms with van der Waals surface area (Å²) in [4.78, 5) is 9.17. The number of aliphatic imine (C=N–C) groups is 1. The fourth-order valence-corrected chi connectivity index (χ4v) is 3.69. The molecule has 6 nitrogen and oxygen atoms in total. The minimum Gasteiger partial charge on any atom is -0.454 e. The molecule has 6 heteroatoms. The number of hydrogen-bond donors (Lipinski definition) is 1. The molecule has 0 radical (unpaired) electrons. The van der Waals surface area contributed by atoms with Crippen LogP contribution < -0.4 is 14.8 Å². The fraction of sp³-hybridized carbons (Fsp3) is 0.632. The third-order valence-corrected chi connectivity index (χ3v) is 5.08. The fourth-order valence-electron chi connectivity index (χ4n) is 3.69. The van der Waals surface area contributed by atoms with Crippen LogP contribution in [0.25, 0.3) is 0 Å². The van der Waals surface area contributed by atoms with Gasteiger partial charge in [0.2, 0.25) is 6.79 Å². The minimum atomic E-state index is 0.313. The lowest BCUT2D eigenvalue weighted by atomic mass is 10.0. The van der Waals surface area contributed by atoms with E-state index in [9.17, 15) is 0 Å². The zero-order chi connectivity index (χ0) is 17.6. The standard InChI is InChI=1S/C19H30N4O2/c1-4-23-10-6-5-7-16(23)12-21-19(20-2)22(3)13-15-8-9-17-18(11-15)25-14-24-17/h8-9,11,16H,4-7,10,12-14H2,1-3H3,(H,20,21). The van der Waals surface area contributed by atoms with Gasteiger partial charge in [-0.05, 0) is 43.6 Å². The molecule has 3 rings (SSSR count). The molecule has 1 N–H and O–H groups in total. The highest BCUT2D eigenvalue weighted by Gasteiger charge is 2.21. The molecule has 0 amide bonds. The van der Waals surface area contributed by atoms with Crippen molar-refractivity contribution < 1.29 is 9.47 Å². The summed E-state index contributed by atoms with van der Waals surface area (Å²) in [5, 5.41) is 3.55. The van der Waals surface area contributed by atoms with Crippen LogP contribution in [0.2, 0.25) is 0 Å². The molecule has 2 aliphatic rings. The number of likely N-dealkylation sites (tertiary alicyclic amines) is 1. The summed E-state index contributed by atoms with van der Waals surface area (Å²) in [6.07, 6.45) is 3.92. The molecule has 2 heterocycles. The van der Waals surface area contributed by atoms with Crippen LogP contribution in [0.15, 0.2) is 23.2 Å². The molecule has 1 unspecified atom stereocenters. The Balaban J connectivity index is 1.55. The number of fused-ring (bicyclic) bond motifs is 1. The predicted molar refractivity (Wildman–Crippen MR) is 100 cm³/mol. The van der Waals surface area contributed by atoms with Gasteiger partial charge < -0.3 is 19.7 Å². The maximum atomic E-state index is 5.47. The monoisotopic (exact) mass is 346 g/mol. The molecule has 0 aromatic heterocycles. The van der Waals surface area contributed by atoms with Crippen molar-refractivity contribution in [2.75, 3.05) is 40.5 Å². The summed E-state index contributed by atoms with van der Waals surface area (Å²) in [5.41, 5.74) is 1.18. The maximum Gasteiger partial charge on any atom is 0.231 e. The number of rotatable bonds is 5. The lowest BCUT2D eigenvalue weighted by molar-refractivity contribution is 0.156. The summed E-state index contributed by atoms with van der Waals surface area (Å²) in [7, 11) is 3.91. The van der Waals surface area contributed by atoms with Crippen molar-refractivity contribution in [3.8, 4) is 11.5 Å². The van der Waals surface area contributed by atoms with Crippen molar-refractivity contribution >= 4 is 5.96 Å². The zero-order valence-corrected chi connectivity index (χ0v) is 15.6. The Labute approximate surface area is 150 Å². The first kappa shape index (κ1) is 17.9. The van der Waals surface area contributed by atoms with Crippen LogP contribution in [-0.4, -0.2) is 62.3 Å². The second-order valence-electron chi connectivity index (χ2n) is 6.75. The maximum absolute atomic E-state index is 5.47. The minimum absolute atomic E-state index is 0.313. The van der Waals surface area contributed by atoms with Gasteiger partial charge in [0, 0.05) is 33.2 Å². The molecule has 1 saturated heterocycles. The number of likely N-dealkylation sites (N-methyl/N-ethyl adjacent to an activating group) is 1. The van der Waals surface area contributed by atoms with E-state index in [0.717, 1.165) is 37.1 Å². The molecular weight excluding hydrogens is 316 g/mol. The first-order valence-electron chi connectivity index (χ1n) is 9.25. The van der Waals surface area contributed by atoms with Crippen molar-refractivity contribution in [3.05, 3.63) is 23.8 Å². The van der Waals surface area contributed by atoms with Gasteiger partial charge in [-0.15, -0.1) is 0 Å². The molecule has 1 atom stereocenters. The van der Waals surface area contributed by atoms with Gasteiger partial charge in [-0.2, -0.15) is 0 Å². The molecule has 0 spiro atoms. The Bertz CT molecular complexity index is 605. The molecule has 2 aliphatic heterocycles. The summed E-state index contributed by atoms with van der Waals surface area (Å²) >= 11 is 0. The molecule has 1 aromatic carbocycles. The van der Waals surface area contributed by atoms with E-state index < -0.39 is 0 Å². The predicted octanol–water partition coefficient (Wildman–Crippen LogP) is 2.30. The highest BCUT2D eigenvalue weighted by atomic mass is 16.7. The summed E-state index contributed by atoms with van der Waals surface area (Å²) in [6.45, 7) is 6.63. The summed E-state index contributed by atoms with van der Waals surface area (Å²) in [6, 6.07) is 6.71. The van der Waals surface area contributed by atoms with E-state index in [1.807, 2.05) is 19.2 Å². The van der Waals surface area contributed by atoms with Crippen LogP contribution in [0.5, 0.6) is 11.5 Å². The molecular formula is C19H30N4O2. The van der Waals surface area contributed by atoms with Crippen LogP contribution in [0.3, 0.4) is 0 Å². The van der Waals surface area contributed by atoms with Crippen molar-refractivity contribution in [2.24, 2.45) is 4.99 Å². The molecule has 1 fully saturated rings. The van der Waals surface area contributed by atoms with E-state index in [4.69, 9.17) is 9.47 Å². The van der Waals surface area contributed by atoms with Gasteiger partial charge in [-0.1, -0.05) is 19.4 Å². The van der Waals surface area contributed by atoms with Crippen LogP contribution in [0.1, 0.15) is 31.7 Å². The largest absolute Gasteiger partial charge is 0.454 e. The Morgan fingerprint density at radius 2 is 2.16 bits per heavy atom. The number of piperidine rings is 1. The molecule has 0 aliphatic carbocycles. The summed E-state index contributed by atoms with van der Waals surface area (Å²) in [5.74, 6) is 2.58. The van der Waals surface area contributed by atoms with Gasteiger partial charge in [-0.25, -0.2) is 0 Å². The van der Waals surface area contributed by atoms with E-state index in [0.29, 0.717) is 12.8 Å². The second kappa shape index (κ2) is 8.43. The number of ether oxygens (including phenoxy) is 2. The van der Waals surface area contributed by atoms with Crippen LogP contribution in [-0.2, 0) is 6.54 Å². The van der Waals surface area contributed by atoms with E-state index in [1.54, 1.807) is 0 Å². The van der Waals surface area contributed by atoms with Crippen molar-refractivity contribution in [1.82, 2.24) is 15.1 Å². The van der Waals surface area contributed by atoms with E-state index in [1.165, 1.54) is 31.4 Å². The lowest BCUT2D eigenvalue weighted by Crippen LogP contribution is -2.49. The quantitative estimate of drug-likeness (QED) is 0.655. The van der Waals surface area contributed by atoms with Crippen LogP contribution >= 0.6 is 0 Å². The van der Waals surface area contributed by atoms with Gasteiger partial charge in [0.25, 0.3) is 0 Å². The van der Waals surface area contributed by atoms with Gasteiger partial charge in [-0.3, -0.25) is 9.89 Å². The van der Waals surface area contributed by atoms with Gasteiger partial charge in [0.1, 0.15) is 0 Å². The normalized spacial score (nSPS) is 20.6. The van der Waals surface area contributed by atoms with Gasteiger partial charge in [0.15, 0.2) is 17.5 Å². The first-order chi connectivity index (χ1) is 12.2. The highest BCUT2D eigenvalue weighted by Crippen LogP contribution is 2.32. The molecule has 1 aromatic rings. The van der Waals surface area contributed by atoms with E-state index in [-0.39, 0.29) is 0 Å². The number of hydrogen-bond acceptors (Lipinski definition) is 4. The number of nitrogens with zero attached hydrogens (tertiary/aromatic N) is 3. The third kappa shape index (κ3) is 4.37. The van der Waals surface area contributed by atoms with Crippen molar-refractivity contribution in [1.29, 1.82) is 0 Å². The molecule has 138 valence electrons. The van der Waals surface area contributed by atoms with Gasteiger partial charge in [0.05, 0.1) is 0 Å². The Kier molecular flexibility index (Phi) is 6.02. The Hall–Kier alpha value is -1.95. The van der Waals surface area contributed by atoms with Crippen molar-refractivity contribution in [3.63, 3.8) is 0 Å². The molecule has 0 bridgehead atoms. The number of benzene rings is 1. The Morgan fingerprint density at radius 3 is 2.96 bits per heavy atom. The van der Waals surface area contributed by atoms with Gasteiger partial charge >= 0.3 is 0 Å². The van der Waals surface area contributed by atoms with Crippen molar-refractivity contribution in [2.45, 2.75) is 38.8 Å². The molecule has 25 heavy (non-hydrogen) atoms. The van der Waals surface area contributed by atoms with E-state index in [2.05, 4.69) is 40.1 Å². The van der Waals surface area contributed by atoms with Crippen LogP contribution in [0.4, 0.5) is 0 Å². The topological polar surface area (TPSA) is 49.3 Å². The Morgan fingerprint density at radius 1 is 1.32 bits per heavy atom. The molecule has 0 saturated carbocycles. The van der Waals surface area contributed by atoms with Crippen LogP contribution in [0, 0.1) is 0 Å².